The Morgan fingerprint density at radius 2 is 1.79 bits per heavy atom. The predicted molar refractivity (Wildman–Crippen MR) is 147 cm³/mol. The van der Waals surface area contributed by atoms with Gasteiger partial charge in [-0.2, -0.15) is 5.10 Å². The molecule has 0 radical (unpaired) electrons. The Hall–Kier alpha value is -4.70. The molecule has 0 aliphatic carbocycles. The average Bonchev–Trinajstić information content (AvgIpc) is 3.53. The van der Waals surface area contributed by atoms with Crippen LogP contribution in [0.4, 0.5) is 14.5 Å². The number of fused-ring (bicyclic) bond motifs is 2. The molecule has 6 aromatic rings. The normalized spacial score (nSPS) is 12.8. The first-order chi connectivity index (χ1) is 18.7. The van der Waals surface area contributed by atoms with Crippen LogP contribution in [0, 0.1) is 17.0 Å². The van der Waals surface area contributed by atoms with Gasteiger partial charge in [0.15, 0.2) is 5.82 Å². The van der Waals surface area contributed by atoms with Gasteiger partial charge in [-0.15, -0.1) is 0 Å². The maximum atomic E-state index is 16.1. The predicted octanol–water partition coefficient (Wildman–Crippen LogP) is 6.28. The van der Waals surface area contributed by atoms with Crippen LogP contribution in [0.5, 0.6) is 0 Å². The van der Waals surface area contributed by atoms with Crippen molar-refractivity contribution in [3.8, 4) is 33.9 Å². The van der Waals surface area contributed by atoms with Gasteiger partial charge >= 0.3 is 0 Å². The molecule has 0 aliphatic rings. The first kappa shape index (κ1) is 24.6. The largest absolute Gasteiger partial charge is 0.373 e. The molecule has 4 aromatic heterocycles. The zero-order chi connectivity index (χ0) is 27.3. The van der Waals surface area contributed by atoms with Crippen LogP contribution in [0.2, 0.25) is 0 Å². The molecule has 0 saturated carbocycles. The molecule has 8 nitrogen and oxygen atoms in total. The van der Waals surface area contributed by atoms with Crippen LogP contribution in [0.3, 0.4) is 0 Å². The molecule has 0 bridgehead atoms. The number of aliphatic hydroxyl groups excluding tert-OH is 1. The van der Waals surface area contributed by atoms with E-state index in [1.165, 1.54) is 12.1 Å². The highest BCUT2D eigenvalue weighted by Crippen LogP contribution is 2.35. The van der Waals surface area contributed by atoms with Gasteiger partial charge in [0.05, 0.1) is 34.0 Å². The summed E-state index contributed by atoms with van der Waals surface area (Å²) >= 11 is 0. The number of anilines is 1. The van der Waals surface area contributed by atoms with Crippen LogP contribution in [-0.2, 0) is 0 Å². The molecule has 0 amide bonds. The van der Waals surface area contributed by atoms with E-state index in [9.17, 15) is 9.50 Å². The molecule has 196 valence electrons. The van der Waals surface area contributed by atoms with Crippen molar-refractivity contribution in [3.63, 3.8) is 0 Å². The second-order valence-corrected chi connectivity index (χ2v) is 10.4. The summed E-state index contributed by atoms with van der Waals surface area (Å²) in [6.07, 6.45) is 3.94. The number of nitrogens with zero attached hydrogens (tertiary/aromatic N) is 4. The van der Waals surface area contributed by atoms with E-state index in [0.29, 0.717) is 56.1 Å². The van der Waals surface area contributed by atoms with Gasteiger partial charge in [0, 0.05) is 34.5 Å². The summed E-state index contributed by atoms with van der Waals surface area (Å²) in [4.78, 5) is 16.5. The Morgan fingerprint density at radius 3 is 2.59 bits per heavy atom. The highest BCUT2D eigenvalue weighted by molar-refractivity contribution is 5.98. The molecule has 4 heterocycles. The fourth-order valence-electron chi connectivity index (χ4n) is 4.40. The number of hydrogen-bond acceptors (Lipinski definition) is 6. The van der Waals surface area contributed by atoms with Crippen LogP contribution < -0.4 is 5.32 Å². The first-order valence-electron chi connectivity index (χ1n) is 12.4. The summed E-state index contributed by atoms with van der Waals surface area (Å²) < 4.78 is 30.0. The lowest BCUT2D eigenvalue weighted by atomic mass is 9.94. The summed E-state index contributed by atoms with van der Waals surface area (Å²) in [5.41, 5.74) is 4.09. The van der Waals surface area contributed by atoms with Crippen molar-refractivity contribution >= 4 is 27.6 Å². The fourth-order valence-corrected chi connectivity index (χ4v) is 4.40. The van der Waals surface area contributed by atoms with Crippen molar-refractivity contribution in [1.82, 2.24) is 30.1 Å². The summed E-state index contributed by atoms with van der Waals surface area (Å²) in [5, 5.41) is 21.0. The number of rotatable bonds is 5. The van der Waals surface area contributed by atoms with Crippen LogP contribution in [-0.4, -0.2) is 41.5 Å². The van der Waals surface area contributed by atoms with Gasteiger partial charge in [-0.05, 0) is 36.4 Å². The zero-order valence-corrected chi connectivity index (χ0v) is 21.4. The molecule has 1 atom stereocenters. The monoisotopic (exact) mass is 525 g/mol. The summed E-state index contributed by atoms with van der Waals surface area (Å²) in [6, 6.07) is 13.0. The number of imidazole rings is 1. The van der Waals surface area contributed by atoms with E-state index in [1.54, 1.807) is 55.0 Å². The zero-order valence-electron chi connectivity index (χ0n) is 21.4. The topological polar surface area (TPSA) is 115 Å². The van der Waals surface area contributed by atoms with Crippen molar-refractivity contribution < 1.29 is 13.9 Å². The summed E-state index contributed by atoms with van der Waals surface area (Å²) in [5.74, 6) is -0.521. The van der Waals surface area contributed by atoms with Gasteiger partial charge in [0.25, 0.3) is 0 Å². The first-order valence-corrected chi connectivity index (χ1v) is 12.4. The lowest BCUT2D eigenvalue weighted by Crippen LogP contribution is -2.33. The lowest BCUT2D eigenvalue weighted by Gasteiger charge is -2.27. The van der Waals surface area contributed by atoms with Gasteiger partial charge in [-0.1, -0.05) is 32.9 Å². The van der Waals surface area contributed by atoms with Crippen molar-refractivity contribution in [3.05, 3.63) is 78.8 Å². The maximum absolute atomic E-state index is 16.1. The molecule has 0 spiro atoms. The molecule has 39 heavy (non-hydrogen) atoms. The Labute approximate surface area is 222 Å². The third-order valence-corrected chi connectivity index (χ3v) is 6.56. The molecule has 1 unspecified atom stereocenters. The van der Waals surface area contributed by atoms with E-state index in [2.05, 4.69) is 35.5 Å². The van der Waals surface area contributed by atoms with E-state index in [0.717, 1.165) is 0 Å². The van der Waals surface area contributed by atoms with Gasteiger partial charge < -0.3 is 15.4 Å². The lowest BCUT2D eigenvalue weighted by molar-refractivity contribution is 0.0880. The number of aromatic amines is 2. The molecule has 10 heteroatoms. The molecular weight excluding hydrogens is 500 g/mol. The maximum Gasteiger partial charge on any atom is 0.159 e. The number of hydrogen-bond donors (Lipinski definition) is 4. The molecule has 4 N–H and O–H groups in total. The number of nitrogens with one attached hydrogen (secondary N) is 3. The third kappa shape index (κ3) is 4.48. The van der Waals surface area contributed by atoms with E-state index in [-0.39, 0.29) is 11.2 Å². The number of H-pyrrole nitrogens is 2. The molecular formula is C29H25F2N7O. The SMILES string of the molecule is CC(C)(C)C(O)Nc1cncc(-c2ccc3[nH]nc(-c4nc5c(-c6cccc(F)c6)nccc5[nH]4)c3c2F)c1. The smallest absolute Gasteiger partial charge is 0.159 e. The molecule has 2 aromatic carbocycles. The van der Waals surface area contributed by atoms with Crippen molar-refractivity contribution in [1.29, 1.82) is 0 Å². The summed E-state index contributed by atoms with van der Waals surface area (Å²) in [7, 11) is 0. The third-order valence-electron chi connectivity index (χ3n) is 6.56. The number of pyridine rings is 2. The van der Waals surface area contributed by atoms with E-state index in [1.807, 2.05) is 20.8 Å². The van der Waals surface area contributed by atoms with Crippen LogP contribution in [0.25, 0.3) is 55.8 Å². The number of aliphatic hydroxyl groups is 1. The molecule has 0 fully saturated rings. The highest BCUT2D eigenvalue weighted by Gasteiger charge is 2.23. The minimum atomic E-state index is -0.817. The van der Waals surface area contributed by atoms with Gasteiger partial charge in [-0.25, -0.2) is 13.8 Å². The van der Waals surface area contributed by atoms with E-state index in [4.69, 9.17) is 0 Å². The van der Waals surface area contributed by atoms with Gasteiger partial charge in [-0.3, -0.25) is 15.1 Å². The molecule has 0 aliphatic heterocycles. The molecule has 6 rings (SSSR count). The average molecular weight is 526 g/mol. The van der Waals surface area contributed by atoms with E-state index >= 15 is 4.39 Å². The van der Waals surface area contributed by atoms with E-state index < -0.39 is 17.5 Å². The quantitative estimate of drug-likeness (QED) is 0.197. The Bertz CT molecular complexity index is 1840. The number of aromatic nitrogens is 6. The standard InChI is InChI=1S/C29H25F2N7O/c1-29(2,3)28(39)34-18-12-16(13-32-14-18)19-7-8-20-22(23(19)31)26(38-37-20)27-35-21-9-10-33-24(25(21)36-27)15-5-4-6-17(30)11-15/h4-14,28,34,39H,1-3H3,(H,35,36)(H,37,38). The van der Waals surface area contributed by atoms with Crippen LogP contribution in [0.1, 0.15) is 20.8 Å². The Morgan fingerprint density at radius 1 is 0.949 bits per heavy atom. The summed E-state index contributed by atoms with van der Waals surface area (Å²) in [6.45, 7) is 5.72. The van der Waals surface area contributed by atoms with Crippen LogP contribution in [0.15, 0.2) is 67.1 Å². The van der Waals surface area contributed by atoms with Crippen LogP contribution >= 0.6 is 0 Å². The Kier molecular flexibility index (Phi) is 5.84. The molecule has 0 saturated heterocycles. The highest BCUT2D eigenvalue weighted by atomic mass is 19.1. The van der Waals surface area contributed by atoms with Crippen molar-refractivity contribution in [2.75, 3.05) is 5.32 Å². The van der Waals surface area contributed by atoms with Gasteiger partial charge in [0.2, 0.25) is 0 Å². The minimum Gasteiger partial charge on any atom is -0.373 e. The van der Waals surface area contributed by atoms with Crippen molar-refractivity contribution in [2.24, 2.45) is 5.41 Å². The number of halogens is 2. The second kappa shape index (κ2) is 9.25. The Balaban J connectivity index is 1.44. The van der Waals surface area contributed by atoms with Gasteiger partial charge in [0.1, 0.15) is 29.1 Å². The minimum absolute atomic E-state index is 0.264. The van der Waals surface area contributed by atoms with Crippen molar-refractivity contribution in [2.45, 2.75) is 27.0 Å². The fraction of sp³-hybridized carbons (Fsp3) is 0.172. The number of benzene rings is 2. The second-order valence-electron chi connectivity index (χ2n) is 10.4.